The van der Waals surface area contributed by atoms with Crippen molar-refractivity contribution in [2.75, 3.05) is 13.1 Å². The van der Waals surface area contributed by atoms with Crippen molar-refractivity contribution in [3.05, 3.63) is 34.9 Å². The zero-order valence-corrected chi connectivity index (χ0v) is 10.2. The topological polar surface area (TPSA) is 44.1 Å². The Labute approximate surface area is 102 Å². The van der Waals surface area contributed by atoms with Crippen LogP contribution in [0.2, 0.25) is 0 Å². The van der Waals surface area contributed by atoms with E-state index in [1.165, 1.54) is 5.56 Å². The molecule has 1 aromatic carbocycles. The summed E-state index contributed by atoms with van der Waals surface area (Å²) in [5.74, 6) is 0.412. The molecule has 1 aliphatic rings. The Balaban J connectivity index is 2.37. The van der Waals surface area contributed by atoms with Crippen molar-refractivity contribution in [2.45, 2.75) is 26.2 Å². The Hall–Kier alpha value is -1.82. The molecular formula is C14H16N2O. The summed E-state index contributed by atoms with van der Waals surface area (Å²) in [6, 6.07) is 8.16. The summed E-state index contributed by atoms with van der Waals surface area (Å²) in [5.41, 5.74) is 3.06. The number of nitrogens with zero attached hydrogens (tertiary/aromatic N) is 2. The standard InChI is InChI=1S/C14H16N2O/c1-10(2)12-4-3-11-5-7-16(8-6-15)14(17)13(11)9-12/h3-4,9-10H,5,7-8H2,1-2H3. The van der Waals surface area contributed by atoms with Crippen LogP contribution >= 0.6 is 0 Å². The average Bonchev–Trinajstić information content (AvgIpc) is 2.32. The Kier molecular flexibility index (Phi) is 3.14. The molecule has 88 valence electrons. The highest BCUT2D eigenvalue weighted by Crippen LogP contribution is 2.23. The molecule has 0 N–H and O–H groups in total. The molecule has 0 aromatic heterocycles. The van der Waals surface area contributed by atoms with Gasteiger partial charge in [-0.1, -0.05) is 26.0 Å². The summed E-state index contributed by atoms with van der Waals surface area (Å²) in [7, 11) is 0. The molecule has 0 radical (unpaired) electrons. The van der Waals surface area contributed by atoms with Crippen molar-refractivity contribution < 1.29 is 4.79 Å². The van der Waals surface area contributed by atoms with Gasteiger partial charge in [0.25, 0.3) is 5.91 Å². The molecule has 17 heavy (non-hydrogen) atoms. The quantitative estimate of drug-likeness (QED) is 0.729. The van der Waals surface area contributed by atoms with Gasteiger partial charge in [0.05, 0.1) is 6.07 Å². The van der Waals surface area contributed by atoms with Gasteiger partial charge in [0.15, 0.2) is 0 Å². The molecule has 3 heteroatoms. The molecule has 0 bridgehead atoms. The molecule has 2 rings (SSSR count). The zero-order chi connectivity index (χ0) is 12.4. The average molecular weight is 228 g/mol. The van der Waals surface area contributed by atoms with Gasteiger partial charge < -0.3 is 4.90 Å². The Bertz CT molecular complexity index is 485. The van der Waals surface area contributed by atoms with E-state index in [9.17, 15) is 4.79 Å². The number of nitriles is 1. The third-order valence-corrected chi connectivity index (χ3v) is 3.23. The van der Waals surface area contributed by atoms with Crippen LogP contribution in [0.1, 0.15) is 41.3 Å². The lowest BCUT2D eigenvalue weighted by Gasteiger charge is -2.27. The maximum absolute atomic E-state index is 12.2. The summed E-state index contributed by atoms with van der Waals surface area (Å²) in [6.45, 7) is 5.06. The number of carbonyl (C=O) groups excluding carboxylic acids is 1. The molecule has 0 saturated heterocycles. The van der Waals surface area contributed by atoms with Crippen molar-refractivity contribution in [3.63, 3.8) is 0 Å². The first-order chi connectivity index (χ1) is 8.13. The van der Waals surface area contributed by atoms with Crippen LogP contribution in [0.4, 0.5) is 0 Å². The molecule has 0 atom stereocenters. The fraction of sp³-hybridized carbons (Fsp3) is 0.429. The lowest BCUT2D eigenvalue weighted by Crippen LogP contribution is -2.37. The van der Waals surface area contributed by atoms with Crippen molar-refractivity contribution >= 4 is 5.91 Å². The van der Waals surface area contributed by atoms with Gasteiger partial charge in [0.2, 0.25) is 0 Å². The van der Waals surface area contributed by atoms with Crippen molar-refractivity contribution in [1.29, 1.82) is 5.26 Å². The Morgan fingerprint density at radius 1 is 1.47 bits per heavy atom. The minimum atomic E-state index is -0.00435. The number of hydrogen-bond donors (Lipinski definition) is 0. The maximum atomic E-state index is 12.2. The molecule has 1 aromatic rings. The van der Waals surface area contributed by atoms with E-state index in [2.05, 4.69) is 19.9 Å². The minimum absolute atomic E-state index is 0.00435. The van der Waals surface area contributed by atoms with Gasteiger partial charge in [-0.2, -0.15) is 5.26 Å². The summed E-state index contributed by atoms with van der Waals surface area (Å²) in [5, 5.41) is 8.68. The number of amides is 1. The van der Waals surface area contributed by atoms with Gasteiger partial charge in [-0.15, -0.1) is 0 Å². The molecule has 0 spiro atoms. The van der Waals surface area contributed by atoms with Crippen LogP contribution < -0.4 is 0 Å². The van der Waals surface area contributed by atoms with Crippen molar-refractivity contribution in [2.24, 2.45) is 0 Å². The Morgan fingerprint density at radius 2 is 2.24 bits per heavy atom. The predicted molar refractivity (Wildman–Crippen MR) is 65.8 cm³/mol. The largest absolute Gasteiger partial charge is 0.325 e. The second-order valence-electron chi connectivity index (χ2n) is 4.71. The van der Waals surface area contributed by atoms with E-state index < -0.39 is 0 Å². The molecule has 0 aliphatic carbocycles. The third kappa shape index (κ3) is 2.16. The first-order valence-corrected chi connectivity index (χ1v) is 5.92. The zero-order valence-electron chi connectivity index (χ0n) is 10.2. The Morgan fingerprint density at radius 3 is 2.88 bits per heavy atom. The molecule has 0 saturated carbocycles. The first-order valence-electron chi connectivity index (χ1n) is 5.92. The molecule has 3 nitrogen and oxygen atoms in total. The first kappa shape index (κ1) is 11.7. The second-order valence-corrected chi connectivity index (χ2v) is 4.71. The van der Waals surface area contributed by atoms with Crippen LogP contribution in [0.5, 0.6) is 0 Å². The summed E-state index contributed by atoms with van der Waals surface area (Å²) in [6.07, 6.45) is 0.848. The molecule has 1 aliphatic heterocycles. The van der Waals surface area contributed by atoms with Gasteiger partial charge >= 0.3 is 0 Å². The van der Waals surface area contributed by atoms with Crippen LogP contribution in [-0.4, -0.2) is 23.9 Å². The van der Waals surface area contributed by atoms with Crippen LogP contribution in [0, 0.1) is 11.3 Å². The SMILES string of the molecule is CC(C)c1ccc2c(c1)C(=O)N(CC#N)CC2. The highest BCUT2D eigenvalue weighted by atomic mass is 16.2. The van der Waals surface area contributed by atoms with Crippen LogP contribution in [0.25, 0.3) is 0 Å². The van der Waals surface area contributed by atoms with E-state index in [-0.39, 0.29) is 12.5 Å². The normalized spacial score (nSPS) is 14.7. The van der Waals surface area contributed by atoms with Crippen LogP contribution in [0.15, 0.2) is 18.2 Å². The monoisotopic (exact) mass is 228 g/mol. The lowest BCUT2D eigenvalue weighted by atomic mass is 9.93. The molecule has 0 unspecified atom stereocenters. The summed E-state index contributed by atoms with van der Waals surface area (Å²) in [4.78, 5) is 13.8. The summed E-state index contributed by atoms with van der Waals surface area (Å²) >= 11 is 0. The van der Waals surface area contributed by atoms with Gasteiger partial charge in [-0.05, 0) is 29.5 Å². The third-order valence-electron chi connectivity index (χ3n) is 3.23. The molecule has 1 amide bonds. The number of hydrogen-bond acceptors (Lipinski definition) is 2. The lowest BCUT2D eigenvalue weighted by molar-refractivity contribution is 0.0761. The number of fused-ring (bicyclic) bond motifs is 1. The second kappa shape index (κ2) is 4.58. The van der Waals surface area contributed by atoms with Gasteiger partial charge in [-0.3, -0.25) is 4.79 Å². The van der Waals surface area contributed by atoms with E-state index in [1.807, 2.05) is 18.2 Å². The van der Waals surface area contributed by atoms with E-state index in [1.54, 1.807) is 4.90 Å². The maximum Gasteiger partial charge on any atom is 0.255 e. The fourth-order valence-corrected chi connectivity index (χ4v) is 2.13. The smallest absolute Gasteiger partial charge is 0.255 e. The fourth-order valence-electron chi connectivity index (χ4n) is 2.13. The highest BCUT2D eigenvalue weighted by molar-refractivity contribution is 5.97. The van der Waals surface area contributed by atoms with Crippen LogP contribution in [-0.2, 0) is 6.42 Å². The molecule has 0 fully saturated rings. The minimum Gasteiger partial charge on any atom is -0.325 e. The van der Waals surface area contributed by atoms with Crippen molar-refractivity contribution in [1.82, 2.24) is 4.90 Å². The summed E-state index contributed by atoms with van der Waals surface area (Å²) < 4.78 is 0. The molecule has 1 heterocycles. The van der Waals surface area contributed by atoms with Gasteiger partial charge in [0, 0.05) is 12.1 Å². The number of rotatable bonds is 2. The van der Waals surface area contributed by atoms with E-state index in [0.717, 1.165) is 17.5 Å². The van der Waals surface area contributed by atoms with E-state index >= 15 is 0 Å². The predicted octanol–water partition coefficient (Wildman–Crippen LogP) is 2.33. The van der Waals surface area contributed by atoms with Crippen LogP contribution in [0.3, 0.4) is 0 Å². The van der Waals surface area contributed by atoms with Gasteiger partial charge in [-0.25, -0.2) is 0 Å². The van der Waals surface area contributed by atoms with E-state index in [0.29, 0.717) is 12.5 Å². The number of benzene rings is 1. The van der Waals surface area contributed by atoms with Gasteiger partial charge in [0.1, 0.15) is 6.54 Å². The van der Waals surface area contributed by atoms with E-state index in [4.69, 9.17) is 5.26 Å². The number of carbonyl (C=O) groups is 1. The highest BCUT2D eigenvalue weighted by Gasteiger charge is 2.24. The molecular weight excluding hydrogens is 212 g/mol. The van der Waals surface area contributed by atoms with Crippen molar-refractivity contribution in [3.8, 4) is 6.07 Å².